The molecule has 0 saturated carbocycles. The Hall–Kier alpha value is -0.800. The van der Waals surface area contributed by atoms with Crippen LogP contribution in [0.1, 0.15) is 42.9 Å². The standard InChI is InChI=1S/C14H23NO2/c1-10-8-14(12(3)17-10)11(2)15-9-13-4-6-16-7-5-13/h8,11,13,15H,4-7,9H2,1-3H3. The van der Waals surface area contributed by atoms with Gasteiger partial charge >= 0.3 is 0 Å². The maximum atomic E-state index is 5.57. The average Bonchev–Trinajstić information content (AvgIpc) is 2.67. The monoisotopic (exact) mass is 237 g/mol. The molecule has 0 spiro atoms. The Labute approximate surface area is 104 Å². The minimum atomic E-state index is 0.371. The minimum absolute atomic E-state index is 0.371. The second kappa shape index (κ2) is 5.69. The molecule has 1 aromatic rings. The first-order valence-electron chi connectivity index (χ1n) is 6.55. The summed E-state index contributed by atoms with van der Waals surface area (Å²) >= 11 is 0. The first-order chi connectivity index (χ1) is 8.16. The Morgan fingerprint density at radius 3 is 2.65 bits per heavy atom. The predicted molar refractivity (Wildman–Crippen MR) is 68.1 cm³/mol. The van der Waals surface area contributed by atoms with Gasteiger partial charge < -0.3 is 14.5 Å². The molecule has 1 saturated heterocycles. The van der Waals surface area contributed by atoms with Crippen LogP contribution >= 0.6 is 0 Å². The van der Waals surface area contributed by atoms with Gasteiger partial charge in [-0.15, -0.1) is 0 Å². The van der Waals surface area contributed by atoms with E-state index in [9.17, 15) is 0 Å². The molecular weight excluding hydrogens is 214 g/mol. The fourth-order valence-electron chi connectivity index (χ4n) is 2.48. The van der Waals surface area contributed by atoms with Gasteiger partial charge in [0.1, 0.15) is 11.5 Å². The Balaban J connectivity index is 1.84. The maximum Gasteiger partial charge on any atom is 0.105 e. The summed E-state index contributed by atoms with van der Waals surface area (Å²) < 4.78 is 10.9. The van der Waals surface area contributed by atoms with Crippen molar-refractivity contribution in [2.24, 2.45) is 5.92 Å². The molecule has 96 valence electrons. The molecule has 17 heavy (non-hydrogen) atoms. The third-order valence-electron chi connectivity index (χ3n) is 3.60. The van der Waals surface area contributed by atoms with Gasteiger partial charge in [0.25, 0.3) is 0 Å². The second-order valence-corrected chi connectivity index (χ2v) is 5.05. The highest BCUT2D eigenvalue weighted by Crippen LogP contribution is 2.22. The van der Waals surface area contributed by atoms with Gasteiger partial charge in [0.2, 0.25) is 0 Å². The van der Waals surface area contributed by atoms with Crippen molar-refractivity contribution in [1.82, 2.24) is 5.32 Å². The van der Waals surface area contributed by atoms with Crippen LogP contribution in [0.25, 0.3) is 0 Å². The molecule has 1 aliphatic rings. The zero-order chi connectivity index (χ0) is 12.3. The number of nitrogens with one attached hydrogen (secondary N) is 1. The number of hydrogen-bond acceptors (Lipinski definition) is 3. The maximum absolute atomic E-state index is 5.57. The number of hydrogen-bond donors (Lipinski definition) is 1. The van der Waals surface area contributed by atoms with Gasteiger partial charge in [0.15, 0.2) is 0 Å². The lowest BCUT2D eigenvalue weighted by Gasteiger charge is -2.24. The van der Waals surface area contributed by atoms with Crippen LogP contribution in [-0.4, -0.2) is 19.8 Å². The van der Waals surface area contributed by atoms with Gasteiger partial charge in [-0.05, 0) is 52.1 Å². The summed E-state index contributed by atoms with van der Waals surface area (Å²) in [5.41, 5.74) is 1.29. The van der Waals surface area contributed by atoms with E-state index in [-0.39, 0.29) is 0 Å². The quantitative estimate of drug-likeness (QED) is 0.874. The van der Waals surface area contributed by atoms with Crippen LogP contribution in [0.3, 0.4) is 0 Å². The summed E-state index contributed by atoms with van der Waals surface area (Å²) in [7, 11) is 0. The molecular formula is C14H23NO2. The van der Waals surface area contributed by atoms with Crippen LogP contribution in [0.5, 0.6) is 0 Å². The number of ether oxygens (including phenoxy) is 1. The molecule has 3 nitrogen and oxygen atoms in total. The van der Waals surface area contributed by atoms with Gasteiger partial charge in [0, 0.05) is 24.8 Å². The van der Waals surface area contributed by atoms with Crippen LogP contribution in [0.4, 0.5) is 0 Å². The van der Waals surface area contributed by atoms with Crippen molar-refractivity contribution < 1.29 is 9.15 Å². The first-order valence-corrected chi connectivity index (χ1v) is 6.55. The number of rotatable bonds is 4. The predicted octanol–water partition coefficient (Wildman–Crippen LogP) is 2.97. The van der Waals surface area contributed by atoms with Crippen LogP contribution in [0.15, 0.2) is 10.5 Å². The molecule has 0 bridgehead atoms. The highest BCUT2D eigenvalue weighted by Gasteiger charge is 2.17. The largest absolute Gasteiger partial charge is 0.466 e. The van der Waals surface area contributed by atoms with Crippen LogP contribution in [0, 0.1) is 19.8 Å². The summed E-state index contributed by atoms with van der Waals surface area (Å²) in [6.07, 6.45) is 2.37. The summed E-state index contributed by atoms with van der Waals surface area (Å²) in [6.45, 7) is 9.16. The van der Waals surface area contributed by atoms with Crippen molar-refractivity contribution in [3.05, 3.63) is 23.2 Å². The third kappa shape index (κ3) is 3.33. The van der Waals surface area contributed by atoms with Crippen molar-refractivity contribution in [3.63, 3.8) is 0 Å². The fourth-order valence-corrected chi connectivity index (χ4v) is 2.48. The molecule has 2 rings (SSSR count). The van der Waals surface area contributed by atoms with E-state index >= 15 is 0 Å². The molecule has 1 aromatic heterocycles. The zero-order valence-corrected chi connectivity index (χ0v) is 11.1. The van der Waals surface area contributed by atoms with Gasteiger partial charge in [-0.25, -0.2) is 0 Å². The average molecular weight is 237 g/mol. The summed E-state index contributed by atoms with van der Waals surface area (Å²) in [5.74, 6) is 2.80. The molecule has 1 atom stereocenters. The van der Waals surface area contributed by atoms with E-state index in [1.807, 2.05) is 13.8 Å². The first kappa shape index (κ1) is 12.7. The summed E-state index contributed by atoms with van der Waals surface area (Å²) in [6, 6.07) is 2.51. The van der Waals surface area contributed by atoms with Crippen molar-refractivity contribution in [2.75, 3.05) is 19.8 Å². The second-order valence-electron chi connectivity index (χ2n) is 5.05. The Kier molecular flexibility index (Phi) is 4.24. The van der Waals surface area contributed by atoms with Gasteiger partial charge in [-0.3, -0.25) is 0 Å². The normalized spacial score (nSPS) is 19.5. The highest BCUT2D eigenvalue weighted by molar-refractivity contribution is 5.23. The molecule has 2 heterocycles. The zero-order valence-electron chi connectivity index (χ0n) is 11.1. The van der Waals surface area contributed by atoms with Crippen LogP contribution < -0.4 is 5.32 Å². The molecule has 1 unspecified atom stereocenters. The van der Waals surface area contributed by atoms with E-state index in [2.05, 4.69) is 18.3 Å². The number of furan rings is 1. The fraction of sp³-hybridized carbons (Fsp3) is 0.714. The van der Waals surface area contributed by atoms with E-state index in [1.54, 1.807) is 0 Å². The van der Waals surface area contributed by atoms with Gasteiger partial charge in [-0.1, -0.05) is 0 Å². The molecule has 0 aliphatic carbocycles. The molecule has 1 N–H and O–H groups in total. The van der Waals surface area contributed by atoms with Crippen LogP contribution in [0.2, 0.25) is 0 Å². The molecule has 3 heteroatoms. The van der Waals surface area contributed by atoms with E-state index < -0.39 is 0 Å². The van der Waals surface area contributed by atoms with Crippen molar-refractivity contribution >= 4 is 0 Å². The van der Waals surface area contributed by atoms with Gasteiger partial charge in [-0.2, -0.15) is 0 Å². The lowest BCUT2D eigenvalue weighted by Crippen LogP contribution is -2.29. The van der Waals surface area contributed by atoms with Crippen molar-refractivity contribution in [2.45, 2.75) is 39.7 Å². The van der Waals surface area contributed by atoms with E-state index in [0.717, 1.165) is 37.2 Å². The van der Waals surface area contributed by atoms with E-state index in [0.29, 0.717) is 6.04 Å². The molecule has 1 aliphatic heterocycles. The minimum Gasteiger partial charge on any atom is -0.466 e. The Bertz CT molecular complexity index is 353. The third-order valence-corrected chi connectivity index (χ3v) is 3.60. The summed E-state index contributed by atoms with van der Waals surface area (Å²) in [4.78, 5) is 0. The van der Waals surface area contributed by atoms with Gasteiger partial charge in [0.05, 0.1) is 0 Å². The van der Waals surface area contributed by atoms with E-state index in [4.69, 9.17) is 9.15 Å². The summed E-state index contributed by atoms with van der Waals surface area (Å²) in [5, 5.41) is 3.61. The smallest absolute Gasteiger partial charge is 0.105 e. The SMILES string of the molecule is Cc1cc(C(C)NCC2CCOCC2)c(C)o1. The Morgan fingerprint density at radius 2 is 2.06 bits per heavy atom. The Morgan fingerprint density at radius 1 is 1.35 bits per heavy atom. The topological polar surface area (TPSA) is 34.4 Å². The van der Waals surface area contributed by atoms with Crippen molar-refractivity contribution in [1.29, 1.82) is 0 Å². The highest BCUT2D eigenvalue weighted by atomic mass is 16.5. The molecule has 1 fully saturated rings. The lowest BCUT2D eigenvalue weighted by atomic mass is 9.99. The lowest BCUT2D eigenvalue weighted by molar-refractivity contribution is 0.0656. The van der Waals surface area contributed by atoms with E-state index in [1.165, 1.54) is 18.4 Å². The molecule has 0 amide bonds. The van der Waals surface area contributed by atoms with Crippen LogP contribution in [-0.2, 0) is 4.74 Å². The molecule has 0 aromatic carbocycles. The van der Waals surface area contributed by atoms with Crippen molar-refractivity contribution in [3.8, 4) is 0 Å². The molecule has 0 radical (unpaired) electrons. The number of aryl methyl sites for hydroxylation is 2.